The van der Waals surface area contributed by atoms with Crippen molar-refractivity contribution in [1.29, 1.82) is 0 Å². The topological polar surface area (TPSA) is 75.8 Å². The molecule has 0 radical (unpaired) electrons. The van der Waals surface area contributed by atoms with E-state index in [-0.39, 0.29) is 6.42 Å². The summed E-state index contributed by atoms with van der Waals surface area (Å²) in [6.45, 7) is 1.65. The zero-order valence-corrected chi connectivity index (χ0v) is 11.5. The van der Waals surface area contributed by atoms with Crippen LogP contribution in [0.5, 0.6) is 5.75 Å². The Kier molecular flexibility index (Phi) is 6.32. The first kappa shape index (κ1) is 15.5. The highest BCUT2D eigenvalue weighted by Crippen LogP contribution is 2.18. The van der Waals surface area contributed by atoms with Crippen molar-refractivity contribution in [2.75, 3.05) is 27.2 Å². The molecule has 0 aromatic heterocycles. The van der Waals surface area contributed by atoms with Gasteiger partial charge >= 0.3 is 5.97 Å². The number of hydrogen-bond donors (Lipinski definition) is 2. The van der Waals surface area contributed by atoms with E-state index in [0.717, 1.165) is 24.3 Å². The van der Waals surface area contributed by atoms with E-state index >= 15 is 0 Å². The normalized spacial score (nSPS) is 12.4. The number of hydrogen-bond acceptors (Lipinski definition) is 4. The van der Waals surface area contributed by atoms with Crippen LogP contribution < -0.4 is 10.5 Å². The molecule has 19 heavy (non-hydrogen) atoms. The Labute approximate surface area is 114 Å². The van der Waals surface area contributed by atoms with Crippen LogP contribution in [0.15, 0.2) is 24.3 Å². The molecule has 1 atom stereocenters. The summed E-state index contributed by atoms with van der Waals surface area (Å²) in [6, 6.07) is 6.81. The van der Waals surface area contributed by atoms with Crippen molar-refractivity contribution in [2.45, 2.75) is 18.9 Å². The summed E-state index contributed by atoms with van der Waals surface area (Å²) >= 11 is 0. The number of rotatable bonds is 8. The molecule has 5 heteroatoms. The molecule has 1 aromatic carbocycles. The average Bonchev–Trinajstić information content (AvgIpc) is 2.34. The number of aliphatic carboxylic acids is 1. The lowest BCUT2D eigenvalue weighted by Crippen LogP contribution is -2.16. The van der Waals surface area contributed by atoms with E-state index in [0.29, 0.717) is 6.61 Å². The minimum Gasteiger partial charge on any atom is -0.494 e. The highest BCUT2D eigenvalue weighted by atomic mass is 16.5. The van der Waals surface area contributed by atoms with Crippen LogP contribution in [0.1, 0.15) is 24.4 Å². The van der Waals surface area contributed by atoms with Gasteiger partial charge in [-0.1, -0.05) is 12.1 Å². The molecule has 0 amide bonds. The average molecular weight is 266 g/mol. The number of carboxylic acid groups (broad SMARTS) is 1. The first-order chi connectivity index (χ1) is 8.99. The second-order valence-electron chi connectivity index (χ2n) is 4.78. The molecule has 0 fully saturated rings. The van der Waals surface area contributed by atoms with Crippen molar-refractivity contribution < 1.29 is 14.6 Å². The van der Waals surface area contributed by atoms with Crippen LogP contribution in [0.3, 0.4) is 0 Å². The summed E-state index contributed by atoms with van der Waals surface area (Å²) in [7, 11) is 4.05. The third-order valence-electron chi connectivity index (χ3n) is 2.72. The van der Waals surface area contributed by atoms with Crippen LogP contribution in [-0.2, 0) is 4.79 Å². The van der Waals surface area contributed by atoms with E-state index in [2.05, 4.69) is 4.90 Å². The van der Waals surface area contributed by atoms with Crippen LogP contribution in [0, 0.1) is 0 Å². The van der Waals surface area contributed by atoms with Crippen molar-refractivity contribution in [1.82, 2.24) is 4.90 Å². The fourth-order valence-corrected chi connectivity index (χ4v) is 1.69. The number of carbonyl (C=O) groups is 1. The summed E-state index contributed by atoms with van der Waals surface area (Å²) in [6.07, 6.45) is 0.899. The van der Waals surface area contributed by atoms with Gasteiger partial charge in [0.15, 0.2) is 0 Å². The van der Waals surface area contributed by atoms with Crippen LogP contribution >= 0.6 is 0 Å². The SMILES string of the molecule is CN(C)CCCOc1ccc([C@H](N)CC(=O)O)cc1. The molecule has 0 spiro atoms. The predicted molar refractivity (Wildman–Crippen MR) is 74.3 cm³/mol. The fraction of sp³-hybridized carbons (Fsp3) is 0.500. The lowest BCUT2D eigenvalue weighted by molar-refractivity contribution is -0.137. The van der Waals surface area contributed by atoms with E-state index in [1.54, 1.807) is 0 Å². The number of ether oxygens (including phenoxy) is 1. The van der Waals surface area contributed by atoms with Crippen molar-refractivity contribution in [3.8, 4) is 5.75 Å². The summed E-state index contributed by atoms with van der Waals surface area (Å²) in [4.78, 5) is 12.7. The fourth-order valence-electron chi connectivity index (χ4n) is 1.69. The first-order valence-corrected chi connectivity index (χ1v) is 6.34. The summed E-state index contributed by atoms with van der Waals surface area (Å²) < 4.78 is 5.59. The summed E-state index contributed by atoms with van der Waals surface area (Å²) in [5.74, 6) is -0.110. The second kappa shape index (κ2) is 7.76. The number of benzene rings is 1. The Balaban J connectivity index is 2.41. The lowest BCUT2D eigenvalue weighted by Gasteiger charge is -2.12. The molecule has 0 bridgehead atoms. The molecule has 1 rings (SSSR count). The smallest absolute Gasteiger partial charge is 0.305 e. The molecule has 0 aliphatic heterocycles. The summed E-state index contributed by atoms with van der Waals surface area (Å²) in [5.41, 5.74) is 6.58. The number of nitrogens with zero attached hydrogens (tertiary/aromatic N) is 1. The van der Waals surface area contributed by atoms with Gasteiger partial charge in [0.05, 0.1) is 13.0 Å². The maximum Gasteiger partial charge on any atom is 0.305 e. The Morgan fingerprint density at radius 1 is 1.37 bits per heavy atom. The van der Waals surface area contributed by atoms with E-state index < -0.39 is 12.0 Å². The van der Waals surface area contributed by atoms with Gasteiger partial charge in [-0.3, -0.25) is 4.79 Å². The molecular weight excluding hydrogens is 244 g/mol. The van der Waals surface area contributed by atoms with Crippen molar-refractivity contribution in [3.05, 3.63) is 29.8 Å². The standard InChI is InChI=1S/C14H22N2O3/c1-16(2)8-3-9-19-12-6-4-11(5-7-12)13(15)10-14(17)18/h4-7,13H,3,8-10,15H2,1-2H3,(H,17,18)/t13-/m1/s1. The highest BCUT2D eigenvalue weighted by molar-refractivity contribution is 5.67. The molecule has 5 nitrogen and oxygen atoms in total. The van der Waals surface area contributed by atoms with Gasteiger partial charge in [0.25, 0.3) is 0 Å². The molecule has 0 saturated heterocycles. The van der Waals surface area contributed by atoms with Gasteiger partial charge in [-0.2, -0.15) is 0 Å². The van der Waals surface area contributed by atoms with E-state index in [1.165, 1.54) is 0 Å². The first-order valence-electron chi connectivity index (χ1n) is 6.34. The summed E-state index contributed by atoms with van der Waals surface area (Å²) in [5, 5.41) is 8.68. The van der Waals surface area contributed by atoms with E-state index in [9.17, 15) is 4.79 Å². The van der Waals surface area contributed by atoms with Crippen LogP contribution in [-0.4, -0.2) is 43.2 Å². The predicted octanol–water partition coefficient (Wildman–Crippen LogP) is 1.49. The third kappa shape index (κ3) is 6.22. The van der Waals surface area contributed by atoms with Gasteiger partial charge < -0.3 is 20.5 Å². The monoisotopic (exact) mass is 266 g/mol. The maximum atomic E-state index is 10.6. The van der Waals surface area contributed by atoms with E-state index in [4.69, 9.17) is 15.6 Å². The molecule has 0 aliphatic carbocycles. The Bertz CT molecular complexity index is 390. The zero-order valence-electron chi connectivity index (χ0n) is 11.5. The molecule has 106 valence electrons. The van der Waals surface area contributed by atoms with Crippen molar-refractivity contribution >= 4 is 5.97 Å². The highest BCUT2D eigenvalue weighted by Gasteiger charge is 2.10. The third-order valence-corrected chi connectivity index (χ3v) is 2.72. The van der Waals surface area contributed by atoms with Crippen molar-refractivity contribution in [2.24, 2.45) is 5.73 Å². The molecule has 1 aromatic rings. The minimum absolute atomic E-state index is 0.0664. The largest absolute Gasteiger partial charge is 0.494 e. The molecular formula is C14H22N2O3. The number of nitrogens with two attached hydrogens (primary N) is 1. The Hall–Kier alpha value is -1.59. The quantitative estimate of drug-likeness (QED) is 0.697. The van der Waals surface area contributed by atoms with Gasteiger partial charge in [0.1, 0.15) is 5.75 Å². The molecule has 0 unspecified atom stereocenters. The Morgan fingerprint density at radius 2 is 2.00 bits per heavy atom. The van der Waals surface area contributed by atoms with Gasteiger partial charge in [-0.05, 0) is 38.2 Å². The zero-order chi connectivity index (χ0) is 14.3. The molecule has 0 heterocycles. The molecule has 3 N–H and O–H groups in total. The van der Waals surface area contributed by atoms with Crippen LogP contribution in [0.4, 0.5) is 0 Å². The van der Waals surface area contributed by atoms with Crippen LogP contribution in [0.25, 0.3) is 0 Å². The van der Waals surface area contributed by atoms with Crippen LogP contribution in [0.2, 0.25) is 0 Å². The molecule has 0 saturated carbocycles. The van der Waals surface area contributed by atoms with Gasteiger partial charge in [0.2, 0.25) is 0 Å². The van der Waals surface area contributed by atoms with Gasteiger partial charge in [0, 0.05) is 12.6 Å². The van der Waals surface area contributed by atoms with Gasteiger partial charge in [-0.15, -0.1) is 0 Å². The Morgan fingerprint density at radius 3 is 2.53 bits per heavy atom. The minimum atomic E-state index is -0.892. The molecule has 0 aliphatic rings. The van der Waals surface area contributed by atoms with Crippen molar-refractivity contribution in [3.63, 3.8) is 0 Å². The number of carboxylic acids is 1. The second-order valence-corrected chi connectivity index (χ2v) is 4.78. The lowest BCUT2D eigenvalue weighted by atomic mass is 10.0. The maximum absolute atomic E-state index is 10.6. The van der Waals surface area contributed by atoms with Gasteiger partial charge in [-0.25, -0.2) is 0 Å². The van der Waals surface area contributed by atoms with E-state index in [1.807, 2.05) is 38.4 Å².